The summed E-state index contributed by atoms with van der Waals surface area (Å²) < 4.78 is 0. The SMILES string of the molecule is C=C=C(C=C)C(=C)CC. The van der Waals surface area contributed by atoms with E-state index in [2.05, 4.69) is 25.5 Å². The monoisotopic (exact) mass is 120 g/mol. The molecule has 9 heavy (non-hydrogen) atoms. The Morgan fingerprint density at radius 3 is 2.33 bits per heavy atom. The van der Waals surface area contributed by atoms with Crippen molar-refractivity contribution in [3.05, 3.63) is 42.7 Å². The molecule has 0 radical (unpaired) electrons. The molecule has 0 bridgehead atoms. The Morgan fingerprint density at radius 2 is 2.22 bits per heavy atom. The predicted molar refractivity (Wildman–Crippen MR) is 42.3 cm³/mol. The van der Waals surface area contributed by atoms with Gasteiger partial charge in [0.1, 0.15) is 0 Å². The molecule has 0 aliphatic rings. The van der Waals surface area contributed by atoms with E-state index in [0.29, 0.717) is 0 Å². The van der Waals surface area contributed by atoms with E-state index in [1.807, 2.05) is 6.92 Å². The van der Waals surface area contributed by atoms with E-state index < -0.39 is 0 Å². The second kappa shape index (κ2) is 3.94. The van der Waals surface area contributed by atoms with Crippen molar-refractivity contribution in [1.29, 1.82) is 0 Å². The van der Waals surface area contributed by atoms with Crippen molar-refractivity contribution in [3.63, 3.8) is 0 Å². The standard InChI is InChI=1S/C9H12/c1-5-8(4)9(6-2)7-3/h6H,2-5H2,1H3. The molecule has 0 amide bonds. The molecular formula is C9H12. The summed E-state index contributed by atoms with van der Waals surface area (Å²) in [7, 11) is 0. The summed E-state index contributed by atoms with van der Waals surface area (Å²) in [4.78, 5) is 0. The highest BCUT2D eigenvalue weighted by Gasteiger charge is 1.90. The van der Waals surface area contributed by atoms with Crippen LogP contribution in [0, 0.1) is 0 Å². The van der Waals surface area contributed by atoms with Gasteiger partial charge in [-0.1, -0.05) is 32.7 Å². The zero-order chi connectivity index (χ0) is 7.28. The fourth-order valence-electron chi connectivity index (χ4n) is 0.532. The normalized spacial score (nSPS) is 7.67. The van der Waals surface area contributed by atoms with Gasteiger partial charge in [0.25, 0.3) is 0 Å². The quantitative estimate of drug-likeness (QED) is 0.397. The van der Waals surface area contributed by atoms with Crippen LogP contribution in [0.15, 0.2) is 42.7 Å². The van der Waals surface area contributed by atoms with Gasteiger partial charge >= 0.3 is 0 Å². The van der Waals surface area contributed by atoms with E-state index in [9.17, 15) is 0 Å². The molecule has 0 aromatic carbocycles. The largest absolute Gasteiger partial charge is 0.121 e. The molecule has 0 aromatic heterocycles. The first-order valence-corrected chi connectivity index (χ1v) is 2.96. The molecule has 0 nitrogen and oxygen atoms in total. The van der Waals surface area contributed by atoms with E-state index >= 15 is 0 Å². The molecule has 0 rings (SSSR count). The van der Waals surface area contributed by atoms with Crippen LogP contribution in [-0.2, 0) is 0 Å². The van der Waals surface area contributed by atoms with E-state index in [4.69, 9.17) is 0 Å². The lowest BCUT2D eigenvalue weighted by Crippen LogP contribution is -1.78. The van der Waals surface area contributed by atoms with Gasteiger partial charge in [0.2, 0.25) is 0 Å². The van der Waals surface area contributed by atoms with Crippen LogP contribution >= 0.6 is 0 Å². The molecule has 0 spiro atoms. The summed E-state index contributed by atoms with van der Waals surface area (Å²) in [6, 6.07) is 0. The lowest BCUT2D eigenvalue weighted by atomic mass is 10.1. The number of rotatable bonds is 3. The summed E-state index contributed by atoms with van der Waals surface area (Å²) in [5.74, 6) is 0. The zero-order valence-corrected chi connectivity index (χ0v) is 5.91. The lowest BCUT2D eigenvalue weighted by Gasteiger charge is -1.96. The van der Waals surface area contributed by atoms with Gasteiger partial charge in [0.05, 0.1) is 0 Å². The summed E-state index contributed by atoms with van der Waals surface area (Å²) in [6.45, 7) is 13.0. The van der Waals surface area contributed by atoms with Crippen LogP contribution in [0.1, 0.15) is 13.3 Å². The van der Waals surface area contributed by atoms with Crippen molar-refractivity contribution in [2.75, 3.05) is 0 Å². The van der Waals surface area contributed by atoms with Crippen molar-refractivity contribution < 1.29 is 0 Å². The average Bonchev–Trinajstić information content (AvgIpc) is 1.90. The van der Waals surface area contributed by atoms with E-state index in [1.54, 1.807) is 6.08 Å². The van der Waals surface area contributed by atoms with Crippen molar-refractivity contribution in [2.45, 2.75) is 13.3 Å². The van der Waals surface area contributed by atoms with Gasteiger partial charge in [-0.3, -0.25) is 0 Å². The first-order chi connectivity index (χ1) is 4.26. The molecule has 48 valence electrons. The lowest BCUT2D eigenvalue weighted by molar-refractivity contribution is 1.14. The fraction of sp³-hybridized carbons (Fsp3) is 0.222. The molecule has 0 aliphatic carbocycles. The van der Waals surface area contributed by atoms with Gasteiger partial charge in [-0.2, -0.15) is 0 Å². The molecule has 0 saturated carbocycles. The third-order valence-corrected chi connectivity index (χ3v) is 1.20. The van der Waals surface area contributed by atoms with Crippen LogP contribution in [-0.4, -0.2) is 0 Å². The van der Waals surface area contributed by atoms with E-state index in [-0.39, 0.29) is 0 Å². The zero-order valence-electron chi connectivity index (χ0n) is 5.91. The van der Waals surface area contributed by atoms with Gasteiger partial charge in [-0.25, -0.2) is 0 Å². The van der Waals surface area contributed by atoms with Gasteiger partial charge in [0, 0.05) is 5.57 Å². The maximum Gasteiger partial charge on any atom is 0.0178 e. The topological polar surface area (TPSA) is 0 Å². The number of allylic oxidation sites excluding steroid dienone is 3. The van der Waals surface area contributed by atoms with Gasteiger partial charge in [-0.05, 0) is 12.0 Å². The molecule has 0 saturated heterocycles. The van der Waals surface area contributed by atoms with Crippen molar-refractivity contribution >= 4 is 0 Å². The molecule has 0 unspecified atom stereocenters. The molecular weight excluding hydrogens is 108 g/mol. The smallest absolute Gasteiger partial charge is 0.0178 e. The Morgan fingerprint density at radius 1 is 1.67 bits per heavy atom. The molecule has 0 fully saturated rings. The number of hydrogen-bond donors (Lipinski definition) is 0. The average molecular weight is 120 g/mol. The summed E-state index contributed by atoms with van der Waals surface area (Å²) in [5.41, 5.74) is 4.72. The highest BCUT2D eigenvalue weighted by atomic mass is 13.9. The molecule has 0 atom stereocenters. The fourth-order valence-corrected chi connectivity index (χ4v) is 0.532. The van der Waals surface area contributed by atoms with Gasteiger partial charge < -0.3 is 0 Å². The van der Waals surface area contributed by atoms with Gasteiger partial charge in [-0.15, -0.1) is 5.73 Å². The highest BCUT2D eigenvalue weighted by molar-refractivity contribution is 5.35. The Hall–Kier alpha value is -1.00. The Labute approximate surface area is 56.9 Å². The molecule has 0 heteroatoms. The van der Waals surface area contributed by atoms with Crippen molar-refractivity contribution in [2.24, 2.45) is 0 Å². The van der Waals surface area contributed by atoms with E-state index in [0.717, 1.165) is 17.6 Å². The minimum absolute atomic E-state index is 0.928. The van der Waals surface area contributed by atoms with Crippen molar-refractivity contribution in [1.82, 2.24) is 0 Å². The Balaban J connectivity index is 4.32. The Kier molecular flexibility index (Phi) is 3.50. The van der Waals surface area contributed by atoms with Gasteiger partial charge in [0.15, 0.2) is 0 Å². The van der Waals surface area contributed by atoms with Crippen LogP contribution in [0.25, 0.3) is 0 Å². The summed E-state index contributed by atoms with van der Waals surface area (Å²) >= 11 is 0. The first kappa shape index (κ1) is 8.00. The van der Waals surface area contributed by atoms with Crippen LogP contribution < -0.4 is 0 Å². The molecule has 0 heterocycles. The summed E-state index contributed by atoms with van der Waals surface area (Å²) in [5, 5.41) is 0. The molecule has 0 N–H and O–H groups in total. The predicted octanol–water partition coefficient (Wildman–Crippen LogP) is 2.85. The van der Waals surface area contributed by atoms with E-state index in [1.165, 1.54) is 0 Å². The van der Waals surface area contributed by atoms with Crippen LogP contribution in [0.4, 0.5) is 0 Å². The third-order valence-electron chi connectivity index (χ3n) is 1.20. The minimum atomic E-state index is 0.928. The number of hydrogen-bond acceptors (Lipinski definition) is 0. The van der Waals surface area contributed by atoms with Crippen molar-refractivity contribution in [3.8, 4) is 0 Å². The molecule has 0 aromatic rings. The van der Waals surface area contributed by atoms with Crippen LogP contribution in [0.5, 0.6) is 0 Å². The second-order valence-electron chi connectivity index (χ2n) is 1.75. The third kappa shape index (κ3) is 2.16. The second-order valence-corrected chi connectivity index (χ2v) is 1.75. The highest BCUT2D eigenvalue weighted by Crippen LogP contribution is 2.09. The first-order valence-electron chi connectivity index (χ1n) is 2.96. The maximum absolute atomic E-state index is 3.80. The van der Waals surface area contributed by atoms with Crippen LogP contribution in [0.3, 0.4) is 0 Å². The van der Waals surface area contributed by atoms with Crippen LogP contribution in [0.2, 0.25) is 0 Å². The Bertz CT molecular complexity index is 166. The minimum Gasteiger partial charge on any atom is -0.121 e. The molecule has 0 aliphatic heterocycles. The maximum atomic E-state index is 3.80. The summed E-state index contributed by atoms with van der Waals surface area (Å²) in [6.07, 6.45) is 2.66.